The van der Waals surface area contributed by atoms with Gasteiger partial charge in [-0.1, -0.05) is 0 Å². The van der Waals surface area contributed by atoms with Gasteiger partial charge in [-0.15, -0.1) is 0 Å². The second kappa shape index (κ2) is 10.7. The normalized spacial score (nSPS) is 18.0. The van der Waals surface area contributed by atoms with Gasteiger partial charge in [0.1, 0.15) is 11.6 Å². The van der Waals surface area contributed by atoms with Crippen LogP contribution in [0.15, 0.2) is 48.9 Å². The summed E-state index contributed by atoms with van der Waals surface area (Å²) >= 11 is 0. The van der Waals surface area contributed by atoms with E-state index in [-0.39, 0.29) is 16.9 Å². The molecule has 0 saturated carbocycles. The number of ether oxygens (including phenoxy) is 2. The minimum atomic E-state index is -0.682. The minimum absolute atomic E-state index is 0.184. The Morgan fingerprint density at radius 2 is 1.85 bits per heavy atom. The predicted octanol–water partition coefficient (Wildman–Crippen LogP) is 5.08. The van der Waals surface area contributed by atoms with E-state index in [9.17, 15) is 4.39 Å². The van der Waals surface area contributed by atoms with Crippen molar-refractivity contribution >= 4 is 33.8 Å². The number of hydrogen-bond donors (Lipinski definition) is 1. The standard InChI is InChI=1S/C29H30F2N6O2/c1-18-17-39-11-8-37(18)22-14-25(29(33-16-22)36-6-9-38-10-7-36)35-28-19(2)27(20-4-3-5-32-15-20)34-24-13-21(30)12-23(31)26(24)28/h3-5,12-16,18H,6-11,17H2,1-2H3,(H,34,35)/t18-/m0/s1. The molecule has 8 nitrogen and oxygen atoms in total. The van der Waals surface area contributed by atoms with E-state index in [1.54, 1.807) is 12.4 Å². The SMILES string of the molecule is Cc1c(-c2cccnc2)nc2cc(F)cc(F)c2c1Nc1cc(N2CCOC[C@@H]2C)cnc1N1CCOCC1. The topological polar surface area (TPSA) is 75.6 Å². The quantitative estimate of drug-likeness (QED) is 0.381. The number of anilines is 4. The summed E-state index contributed by atoms with van der Waals surface area (Å²) in [7, 11) is 0. The molecule has 1 aromatic carbocycles. The minimum Gasteiger partial charge on any atom is -0.378 e. The van der Waals surface area contributed by atoms with Crippen molar-refractivity contribution in [1.82, 2.24) is 15.0 Å². The summed E-state index contributed by atoms with van der Waals surface area (Å²) < 4.78 is 40.9. The predicted molar refractivity (Wildman–Crippen MR) is 148 cm³/mol. The number of fused-ring (bicyclic) bond motifs is 1. The van der Waals surface area contributed by atoms with Gasteiger partial charge in [-0.3, -0.25) is 4.98 Å². The van der Waals surface area contributed by atoms with E-state index in [1.807, 2.05) is 25.3 Å². The van der Waals surface area contributed by atoms with Gasteiger partial charge < -0.3 is 24.6 Å². The molecular weight excluding hydrogens is 502 g/mol. The van der Waals surface area contributed by atoms with Crippen molar-refractivity contribution < 1.29 is 18.3 Å². The molecule has 2 aliphatic heterocycles. The van der Waals surface area contributed by atoms with Gasteiger partial charge >= 0.3 is 0 Å². The number of morpholine rings is 2. The van der Waals surface area contributed by atoms with Crippen LogP contribution in [0, 0.1) is 18.6 Å². The van der Waals surface area contributed by atoms with Gasteiger partial charge in [0.2, 0.25) is 0 Å². The van der Waals surface area contributed by atoms with Gasteiger partial charge in [0.25, 0.3) is 0 Å². The van der Waals surface area contributed by atoms with E-state index >= 15 is 4.39 Å². The third-order valence-corrected chi connectivity index (χ3v) is 7.30. The highest BCUT2D eigenvalue weighted by Crippen LogP contribution is 2.39. The van der Waals surface area contributed by atoms with Crippen LogP contribution < -0.4 is 15.1 Å². The Bertz CT molecular complexity index is 1500. The van der Waals surface area contributed by atoms with E-state index in [0.29, 0.717) is 50.9 Å². The summed E-state index contributed by atoms with van der Waals surface area (Å²) in [5.74, 6) is -0.615. The molecule has 0 unspecified atom stereocenters. The van der Waals surface area contributed by atoms with Crippen molar-refractivity contribution in [2.75, 3.05) is 61.2 Å². The maximum absolute atomic E-state index is 15.4. The number of nitrogens with zero attached hydrogens (tertiary/aromatic N) is 5. The first-order valence-electron chi connectivity index (χ1n) is 13.1. The van der Waals surface area contributed by atoms with E-state index in [4.69, 9.17) is 14.5 Å². The average molecular weight is 533 g/mol. The van der Waals surface area contributed by atoms with E-state index in [1.165, 1.54) is 6.07 Å². The molecule has 0 bridgehead atoms. The van der Waals surface area contributed by atoms with Crippen molar-refractivity contribution in [2.45, 2.75) is 19.9 Å². The maximum atomic E-state index is 15.4. The van der Waals surface area contributed by atoms with Gasteiger partial charge in [0, 0.05) is 55.8 Å². The highest BCUT2D eigenvalue weighted by molar-refractivity contribution is 5.99. The van der Waals surface area contributed by atoms with Crippen LogP contribution in [0.5, 0.6) is 0 Å². The lowest BCUT2D eigenvalue weighted by Crippen LogP contribution is -2.44. The fourth-order valence-corrected chi connectivity index (χ4v) is 5.31. The fraction of sp³-hybridized carbons (Fsp3) is 0.345. The van der Waals surface area contributed by atoms with Crippen molar-refractivity contribution in [2.24, 2.45) is 0 Å². The Balaban J connectivity index is 1.53. The molecule has 10 heteroatoms. The van der Waals surface area contributed by atoms with Crippen LogP contribution in [0.4, 0.5) is 31.7 Å². The summed E-state index contributed by atoms with van der Waals surface area (Å²) in [4.78, 5) is 18.2. The van der Waals surface area contributed by atoms with Crippen LogP contribution in [0.1, 0.15) is 12.5 Å². The first-order valence-corrected chi connectivity index (χ1v) is 13.1. The number of rotatable bonds is 5. The van der Waals surface area contributed by atoms with Crippen molar-refractivity contribution in [3.05, 3.63) is 66.1 Å². The van der Waals surface area contributed by atoms with Crippen LogP contribution in [-0.4, -0.2) is 67.1 Å². The van der Waals surface area contributed by atoms with Crippen molar-refractivity contribution in [1.29, 1.82) is 0 Å². The molecule has 1 atom stereocenters. The molecule has 0 aliphatic carbocycles. The summed E-state index contributed by atoms with van der Waals surface area (Å²) in [5, 5.41) is 3.74. The van der Waals surface area contributed by atoms with Gasteiger partial charge in [-0.25, -0.2) is 18.7 Å². The number of pyridine rings is 3. The second-order valence-corrected chi connectivity index (χ2v) is 9.89. The van der Waals surface area contributed by atoms with Crippen molar-refractivity contribution in [3.63, 3.8) is 0 Å². The molecule has 0 amide bonds. The van der Waals surface area contributed by atoms with Crippen LogP contribution in [0.3, 0.4) is 0 Å². The van der Waals surface area contributed by atoms with Crippen LogP contribution in [0.25, 0.3) is 22.2 Å². The number of nitrogens with one attached hydrogen (secondary N) is 1. The smallest absolute Gasteiger partial charge is 0.152 e. The molecular formula is C29H30F2N6O2. The van der Waals surface area contributed by atoms with Crippen LogP contribution in [-0.2, 0) is 9.47 Å². The van der Waals surface area contributed by atoms with Gasteiger partial charge in [-0.05, 0) is 37.6 Å². The summed E-state index contributed by atoms with van der Waals surface area (Å²) in [6.07, 6.45) is 5.25. The molecule has 0 spiro atoms. The Hall–Kier alpha value is -3.89. The highest BCUT2D eigenvalue weighted by atomic mass is 19.1. The monoisotopic (exact) mass is 532 g/mol. The summed E-state index contributed by atoms with van der Waals surface area (Å²) in [5.41, 5.74) is 4.48. The van der Waals surface area contributed by atoms with E-state index < -0.39 is 11.6 Å². The number of halogens is 2. The number of benzene rings is 1. The lowest BCUT2D eigenvalue weighted by atomic mass is 10.0. The zero-order valence-electron chi connectivity index (χ0n) is 22.0. The van der Waals surface area contributed by atoms with Crippen LogP contribution >= 0.6 is 0 Å². The number of hydrogen-bond acceptors (Lipinski definition) is 8. The Kier molecular flexibility index (Phi) is 6.97. The molecule has 39 heavy (non-hydrogen) atoms. The average Bonchev–Trinajstić information content (AvgIpc) is 2.95. The zero-order chi connectivity index (χ0) is 26.9. The lowest BCUT2D eigenvalue weighted by molar-refractivity contribution is 0.0989. The van der Waals surface area contributed by atoms with Gasteiger partial charge in [-0.2, -0.15) is 0 Å². The van der Waals surface area contributed by atoms with Gasteiger partial charge in [0.05, 0.1) is 66.3 Å². The molecule has 2 aliphatic rings. The molecule has 0 radical (unpaired) electrons. The van der Waals surface area contributed by atoms with Crippen LogP contribution in [0.2, 0.25) is 0 Å². The Morgan fingerprint density at radius 3 is 2.62 bits per heavy atom. The maximum Gasteiger partial charge on any atom is 0.152 e. The molecule has 3 aromatic heterocycles. The van der Waals surface area contributed by atoms with E-state index in [0.717, 1.165) is 40.9 Å². The fourth-order valence-electron chi connectivity index (χ4n) is 5.31. The van der Waals surface area contributed by atoms with E-state index in [2.05, 4.69) is 38.1 Å². The third-order valence-electron chi connectivity index (χ3n) is 7.30. The molecule has 6 rings (SSSR count). The Morgan fingerprint density at radius 1 is 1.03 bits per heavy atom. The number of aromatic nitrogens is 3. The first-order chi connectivity index (χ1) is 19.0. The van der Waals surface area contributed by atoms with Gasteiger partial charge in [0.15, 0.2) is 5.82 Å². The first kappa shape index (κ1) is 25.4. The largest absolute Gasteiger partial charge is 0.378 e. The third kappa shape index (κ3) is 4.97. The Labute approximate surface area is 225 Å². The molecule has 2 saturated heterocycles. The second-order valence-electron chi connectivity index (χ2n) is 9.89. The molecule has 4 aromatic rings. The highest BCUT2D eigenvalue weighted by Gasteiger charge is 2.25. The molecule has 202 valence electrons. The van der Waals surface area contributed by atoms with Crippen molar-refractivity contribution in [3.8, 4) is 11.3 Å². The molecule has 5 heterocycles. The summed E-state index contributed by atoms with van der Waals surface area (Å²) in [6.45, 7) is 8.58. The molecule has 1 N–H and O–H groups in total. The zero-order valence-corrected chi connectivity index (χ0v) is 22.0. The molecule has 2 fully saturated rings. The lowest BCUT2D eigenvalue weighted by Gasteiger charge is -2.36. The summed E-state index contributed by atoms with van der Waals surface area (Å²) in [6, 6.07) is 8.09.